The third-order valence-corrected chi connectivity index (χ3v) is 8.60. The van der Waals surface area contributed by atoms with Gasteiger partial charge >= 0.3 is 6.03 Å². The summed E-state index contributed by atoms with van der Waals surface area (Å²) in [5.74, 6) is -0.632. The number of sulfonamides is 1. The number of aryl methyl sites for hydroxylation is 1. The number of nitrogens with zero attached hydrogens (tertiary/aromatic N) is 2. The number of hydrogen-bond donors (Lipinski definition) is 2. The lowest BCUT2D eigenvalue weighted by atomic mass is 9.98. The molecule has 0 aromatic heterocycles. The number of hydrogen-bond acceptors (Lipinski definition) is 5. The molecule has 0 unspecified atom stereocenters. The Morgan fingerprint density at radius 2 is 1.78 bits per heavy atom. The summed E-state index contributed by atoms with van der Waals surface area (Å²) in [5.41, 5.74) is 0.356. The summed E-state index contributed by atoms with van der Waals surface area (Å²) in [6.07, 6.45) is 5.73. The SMILES string of the molecule is Cc1ccc(S(=O)(=O)N2CCCCC2)cc1NC(=O)CCN1C(=O)NC2(CCCC2)C1=O. The third kappa shape index (κ3) is 4.25. The number of nitrogens with one attached hydrogen (secondary N) is 2. The first-order valence-electron chi connectivity index (χ1n) is 11.3. The minimum absolute atomic E-state index is 0.0108. The average Bonchev–Trinajstić information content (AvgIpc) is 3.33. The lowest BCUT2D eigenvalue weighted by molar-refractivity contribution is -0.131. The van der Waals surface area contributed by atoms with Gasteiger partial charge in [-0.25, -0.2) is 13.2 Å². The van der Waals surface area contributed by atoms with Crippen LogP contribution in [0.15, 0.2) is 23.1 Å². The number of rotatable bonds is 6. The molecule has 0 atom stereocenters. The van der Waals surface area contributed by atoms with Gasteiger partial charge in [-0.1, -0.05) is 25.3 Å². The van der Waals surface area contributed by atoms with E-state index in [2.05, 4.69) is 10.6 Å². The number of carbonyl (C=O) groups excluding carboxylic acids is 3. The number of benzene rings is 1. The predicted molar refractivity (Wildman–Crippen MR) is 118 cm³/mol. The maximum Gasteiger partial charge on any atom is 0.325 e. The maximum absolute atomic E-state index is 13.0. The van der Waals surface area contributed by atoms with E-state index in [0.717, 1.165) is 42.6 Å². The molecule has 0 radical (unpaired) electrons. The van der Waals surface area contributed by atoms with Gasteiger partial charge in [-0.05, 0) is 50.3 Å². The Balaban J connectivity index is 1.41. The molecule has 3 aliphatic rings. The molecule has 2 heterocycles. The summed E-state index contributed by atoms with van der Waals surface area (Å²) in [4.78, 5) is 38.8. The molecule has 2 saturated heterocycles. The van der Waals surface area contributed by atoms with Gasteiger partial charge in [0.05, 0.1) is 4.90 Å². The molecule has 10 heteroatoms. The van der Waals surface area contributed by atoms with Gasteiger partial charge < -0.3 is 10.6 Å². The van der Waals surface area contributed by atoms with Gasteiger partial charge in [0, 0.05) is 31.7 Å². The topological polar surface area (TPSA) is 116 Å². The number of carbonyl (C=O) groups is 3. The van der Waals surface area contributed by atoms with Crippen LogP contribution in [0, 0.1) is 6.92 Å². The molecule has 4 rings (SSSR count). The van der Waals surface area contributed by atoms with Crippen molar-refractivity contribution in [3.8, 4) is 0 Å². The summed E-state index contributed by atoms with van der Waals surface area (Å²) in [6, 6.07) is 4.27. The molecule has 1 aromatic carbocycles. The summed E-state index contributed by atoms with van der Waals surface area (Å²) in [5, 5.41) is 5.55. The second-order valence-corrected chi connectivity index (χ2v) is 10.9. The minimum atomic E-state index is -3.61. The lowest BCUT2D eigenvalue weighted by Crippen LogP contribution is -2.44. The van der Waals surface area contributed by atoms with E-state index >= 15 is 0 Å². The first-order chi connectivity index (χ1) is 15.2. The highest BCUT2D eigenvalue weighted by molar-refractivity contribution is 7.89. The zero-order valence-corrected chi connectivity index (χ0v) is 19.2. The van der Waals surface area contributed by atoms with Crippen LogP contribution in [0.3, 0.4) is 0 Å². The highest BCUT2D eigenvalue weighted by Crippen LogP contribution is 2.35. The molecule has 1 saturated carbocycles. The molecule has 1 spiro atoms. The van der Waals surface area contributed by atoms with E-state index in [4.69, 9.17) is 0 Å². The Bertz CT molecular complexity index is 1030. The third-order valence-electron chi connectivity index (χ3n) is 6.70. The van der Waals surface area contributed by atoms with E-state index in [1.54, 1.807) is 19.1 Å². The van der Waals surface area contributed by atoms with Crippen LogP contribution >= 0.6 is 0 Å². The van der Waals surface area contributed by atoms with Crippen molar-refractivity contribution in [2.24, 2.45) is 0 Å². The van der Waals surface area contributed by atoms with Crippen LogP contribution < -0.4 is 10.6 Å². The van der Waals surface area contributed by atoms with Crippen molar-refractivity contribution in [3.05, 3.63) is 23.8 Å². The fourth-order valence-electron chi connectivity index (χ4n) is 4.77. The van der Waals surface area contributed by atoms with Gasteiger partial charge in [0.2, 0.25) is 15.9 Å². The highest BCUT2D eigenvalue weighted by atomic mass is 32.2. The lowest BCUT2D eigenvalue weighted by Gasteiger charge is -2.26. The predicted octanol–water partition coefficient (Wildman–Crippen LogP) is 2.36. The molecule has 2 aliphatic heterocycles. The van der Waals surface area contributed by atoms with E-state index in [9.17, 15) is 22.8 Å². The van der Waals surface area contributed by atoms with E-state index in [1.165, 1.54) is 10.4 Å². The summed E-state index contributed by atoms with van der Waals surface area (Å²) in [6.45, 7) is 2.79. The van der Waals surface area contributed by atoms with Crippen molar-refractivity contribution < 1.29 is 22.8 Å². The van der Waals surface area contributed by atoms with Crippen molar-refractivity contribution in [2.75, 3.05) is 25.0 Å². The monoisotopic (exact) mass is 462 g/mol. The fraction of sp³-hybridized carbons (Fsp3) is 0.591. The van der Waals surface area contributed by atoms with Gasteiger partial charge in [0.15, 0.2) is 0 Å². The van der Waals surface area contributed by atoms with Gasteiger partial charge in [-0.15, -0.1) is 0 Å². The van der Waals surface area contributed by atoms with Crippen molar-refractivity contribution in [1.82, 2.24) is 14.5 Å². The Hall–Kier alpha value is -2.46. The Morgan fingerprint density at radius 3 is 2.47 bits per heavy atom. The Kier molecular flexibility index (Phi) is 6.26. The van der Waals surface area contributed by atoms with Crippen molar-refractivity contribution >= 4 is 33.6 Å². The van der Waals surface area contributed by atoms with Crippen molar-refractivity contribution in [1.29, 1.82) is 0 Å². The van der Waals surface area contributed by atoms with E-state index in [0.29, 0.717) is 31.6 Å². The van der Waals surface area contributed by atoms with Gasteiger partial charge in [0.25, 0.3) is 5.91 Å². The maximum atomic E-state index is 13.0. The fourth-order valence-corrected chi connectivity index (χ4v) is 6.32. The Morgan fingerprint density at radius 1 is 1.09 bits per heavy atom. The summed E-state index contributed by atoms with van der Waals surface area (Å²) < 4.78 is 27.4. The van der Waals surface area contributed by atoms with Crippen LogP contribution in [0.2, 0.25) is 0 Å². The first-order valence-corrected chi connectivity index (χ1v) is 12.7. The minimum Gasteiger partial charge on any atom is -0.326 e. The second-order valence-electron chi connectivity index (χ2n) is 8.92. The van der Waals surface area contributed by atoms with Crippen molar-refractivity contribution in [3.63, 3.8) is 0 Å². The molecule has 0 bridgehead atoms. The Labute approximate surface area is 188 Å². The smallest absolute Gasteiger partial charge is 0.325 e. The van der Waals surface area contributed by atoms with Crippen molar-refractivity contribution in [2.45, 2.75) is 68.7 Å². The molecule has 32 heavy (non-hydrogen) atoms. The van der Waals surface area contributed by atoms with E-state index in [-0.39, 0.29) is 29.7 Å². The van der Waals surface area contributed by atoms with Crippen LogP contribution in [0.5, 0.6) is 0 Å². The normalized spacial score (nSPS) is 21.2. The zero-order valence-electron chi connectivity index (χ0n) is 18.4. The van der Waals surface area contributed by atoms with Crippen LogP contribution in [0.4, 0.5) is 10.5 Å². The number of amides is 4. The van der Waals surface area contributed by atoms with Crippen LogP contribution in [-0.4, -0.2) is 60.6 Å². The standard InChI is InChI=1S/C22H30N4O5S/c1-16-7-8-17(32(30,31)25-12-5-2-6-13-25)15-18(16)23-19(27)9-14-26-20(28)22(24-21(26)29)10-3-4-11-22/h7-8,15H,2-6,9-14H2,1H3,(H,23,27)(H,24,29). The molecule has 1 aromatic rings. The second kappa shape index (κ2) is 8.82. The van der Waals surface area contributed by atoms with Crippen LogP contribution in [0.25, 0.3) is 0 Å². The van der Waals surface area contributed by atoms with Gasteiger partial charge in [0.1, 0.15) is 5.54 Å². The van der Waals surface area contributed by atoms with E-state index < -0.39 is 21.6 Å². The van der Waals surface area contributed by atoms with E-state index in [1.807, 2.05) is 0 Å². The quantitative estimate of drug-likeness (QED) is 0.630. The molecule has 4 amide bonds. The zero-order chi connectivity index (χ0) is 22.9. The molecule has 3 fully saturated rings. The van der Waals surface area contributed by atoms with Crippen LogP contribution in [0.1, 0.15) is 56.9 Å². The first kappa shape index (κ1) is 22.7. The van der Waals surface area contributed by atoms with Crippen LogP contribution in [-0.2, 0) is 19.6 Å². The summed E-state index contributed by atoms with van der Waals surface area (Å²) >= 11 is 0. The highest BCUT2D eigenvalue weighted by Gasteiger charge is 2.52. The molecule has 9 nitrogen and oxygen atoms in total. The largest absolute Gasteiger partial charge is 0.326 e. The molecular formula is C22H30N4O5S. The number of piperidine rings is 1. The number of urea groups is 1. The van der Waals surface area contributed by atoms with Gasteiger partial charge in [-0.2, -0.15) is 4.31 Å². The molecular weight excluding hydrogens is 432 g/mol. The average molecular weight is 463 g/mol. The molecule has 174 valence electrons. The molecule has 2 N–H and O–H groups in total. The number of imide groups is 1. The number of anilines is 1. The molecule has 1 aliphatic carbocycles. The summed E-state index contributed by atoms with van der Waals surface area (Å²) in [7, 11) is -3.61. The van der Waals surface area contributed by atoms with Gasteiger partial charge in [-0.3, -0.25) is 14.5 Å².